The quantitative estimate of drug-likeness (QED) is 0.409. The van der Waals surface area contributed by atoms with E-state index in [0.29, 0.717) is 51.0 Å². The van der Waals surface area contributed by atoms with E-state index >= 15 is 0 Å². The molecule has 0 bridgehead atoms. The van der Waals surface area contributed by atoms with Crippen molar-refractivity contribution in [2.75, 3.05) is 50.2 Å². The lowest BCUT2D eigenvalue weighted by atomic mass is 9.92. The zero-order valence-corrected chi connectivity index (χ0v) is 24.4. The molecule has 8 heteroatoms. The molecule has 5 rings (SSSR count). The third-order valence-electron chi connectivity index (χ3n) is 7.83. The minimum Gasteiger partial charge on any atom is -0.496 e. The molecule has 0 radical (unpaired) electrons. The van der Waals surface area contributed by atoms with Gasteiger partial charge in [-0.2, -0.15) is 0 Å². The highest BCUT2D eigenvalue weighted by atomic mass is 16.5. The molecule has 2 aromatic carbocycles. The standard InChI is InChI=1S/C32H41N5O3/c1-21(2)24-10-8-11-25(22(3)4)30(24)35-32(38)37-14-13-27-26(20-37)31(36-15-17-40-18-16-36)34-29(33-27)19-23-9-6-7-12-28(23)39-5/h6-12,21-22H,13-20H2,1-5H3,(H,35,38). The Kier molecular flexibility index (Phi) is 8.54. The number of amides is 2. The maximum absolute atomic E-state index is 13.7. The van der Waals surface area contributed by atoms with E-state index in [1.54, 1.807) is 7.11 Å². The number of benzene rings is 2. The van der Waals surface area contributed by atoms with Gasteiger partial charge < -0.3 is 24.6 Å². The van der Waals surface area contributed by atoms with Gasteiger partial charge in [-0.25, -0.2) is 14.8 Å². The molecule has 1 N–H and O–H groups in total. The van der Waals surface area contributed by atoms with Crippen molar-refractivity contribution in [1.29, 1.82) is 0 Å². The minimum absolute atomic E-state index is 0.0772. The predicted octanol–water partition coefficient (Wildman–Crippen LogP) is 5.75. The number of nitrogens with one attached hydrogen (secondary N) is 1. The first-order valence-corrected chi connectivity index (χ1v) is 14.4. The Morgan fingerprint density at radius 3 is 2.35 bits per heavy atom. The molecule has 2 aliphatic heterocycles. The van der Waals surface area contributed by atoms with Gasteiger partial charge in [0, 0.05) is 49.3 Å². The predicted molar refractivity (Wildman–Crippen MR) is 159 cm³/mol. The zero-order chi connectivity index (χ0) is 28.2. The van der Waals surface area contributed by atoms with Gasteiger partial charge in [-0.15, -0.1) is 0 Å². The molecule has 0 saturated carbocycles. The normalized spacial score (nSPS) is 15.4. The molecule has 2 amide bonds. The molecule has 2 aliphatic rings. The number of morpholine rings is 1. The molecule has 0 atom stereocenters. The summed E-state index contributed by atoms with van der Waals surface area (Å²) in [4.78, 5) is 28.0. The Bertz CT molecular complexity index is 1320. The summed E-state index contributed by atoms with van der Waals surface area (Å²) < 4.78 is 11.2. The van der Waals surface area contributed by atoms with Crippen LogP contribution in [-0.2, 0) is 24.1 Å². The minimum atomic E-state index is -0.0772. The number of para-hydroxylation sites is 2. The Balaban J connectivity index is 1.44. The number of carbonyl (C=O) groups excluding carboxylic acids is 1. The third-order valence-corrected chi connectivity index (χ3v) is 7.83. The number of aromatic nitrogens is 2. The van der Waals surface area contributed by atoms with E-state index in [-0.39, 0.29) is 6.03 Å². The number of hydrogen-bond acceptors (Lipinski definition) is 6. The van der Waals surface area contributed by atoms with E-state index in [1.807, 2.05) is 23.1 Å². The van der Waals surface area contributed by atoms with Crippen molar-refractivity contribution in [3.63, 3.8) is 0 Å². The second kappa shape index (κ2) is 12.3. The van der Waals surface area contributed by atoms with Crippen LogP contribution in [0.2, 0.25) is 0 Å². The molecule has 1 saturated heterocycles. The number of hydrogen-bond donors (Lipinski definition) is 1. The van der Waals surface area contributed by atoms with Crippen molar-refractivity contribution in [2.45, 2.75) is 58.9 Å². The van der Waals surface area contributed by atoms with Crippen molar-refractivity contribution < 1.29 is 14.3 Å². The molecule has 0 unspecified atom stereocenters. The Morgan fingerprint density at radius 2 is 1.68 bits per heavy atom. The topological polar surface area (TPSA) is 79.8 Å². The molecular weight excluding hydrogens is 502 g/mol. The maximum atomic E-state index is 13.7. The first-order chi connectivity index (χ1) is 19.4. The van der Waals surface area contributed by atoms with E-state index in [1.165, 1.54) is 0 Å². The number of carbonyl (C=O) groups is 1. The van der Waals surface area contributed by atoms with Crippen LogP contribution in [-0.4, -0.2) is 60.9 Å². The van der Waals surface area contributed by atoms with Crippen LogP contribution in [0.3, 0.4) is 0 Å². The SMILES string of the molecule is COc1ccccc1Cc1nc2c(c(N3CCOCC3)n1)CN(C(=O)Nc1c(C(C)C)cccc1C(C)C)CC2. The van der Waals surface area contributed by atoms with Gasteiger partial charge in [-0.3, -0.25) is 0 Å². The number of methoxy groups -OCH3 is 1. The van der Waals surface area contributed by atoms with Crippen LogP contribution in [0.4, 0.5) is 16.3 Å². The highest BCUT2D eigenvalue weighted by Gasteiger charge is 2.29. The van der Waals surface area contributed by atoms with Gasteiger partial charge in [0.2, 0.25) is 0 Å². The summed E-state index contributed by atoms with van der Waals surface area (Å²) in [6, 6.07) is 14.3. The first kappa shape index (κ1) is 27.9. The van der Waals surface area contributed by atoms with E-state index < -0.39 is 0 Å². The van der Waals surface area contributed by atoms with Gasteiger partial charge >= 0.3 is 6.03 Å². The molecular formula is C32H41N5O3. The molecule has 1 fully saturated rings. The average Bonchev–Trinajstić information content (AvgIpc) is 2.97. The van der Waals surface area contributed by atoms with Crippen molar-refractivity contribution in [3.05, 3.63) is 76.2 Å². The molecule has 1 aromatic heterocycles. The fraction of sp³-hybridized carbons (Fsp3) is 0.469. The summed E-state index contributed by atoms with van der Waals surface area (Å²) >= 11 is 0. The van der Waals surface area contributed by atoms with E-state index in [4.69, 9.17) is 19.4 Å². The van der Waals surface area contributed by atoms with Gasteiger partial charge in [-0.1, -0.05) is 64.1 Å². The fourth-order valence-electron chi connectivity index (χ4n) is 5.64. The molecule has 0 spiro atoms. The largest absolute Gasteiger partial charge is 0.496 e. The van der Waals surface area contributed by atoms with Crippen LogP contribution in [0.5, 0.6) is 5.75 Å². The molecule has 40 heavy (non-hydrogen) atoms. The van der Waals surface area contributed by atoms with Crippen molar-refractivity contribution in [1.82, 2.24) is 14.9 Å². The smallest absolute Gasteiger partial charge is 0.322 e. The second-order valence-electron chi connectivity index (χ2n) is 11.2. The molecule has 0 aliphatic carbocycles. The summed E-state index contributed by atoms with van der Waals surface area (Å²) in [5, 5.41) is 3.30. The number of urea groups is 1. The Hall–Kier alpha value is -3.65. The first-order valence-electron chi connectivity index (χ1n) is 14.4. The third kappa shape index (κ3) is 5.92. The van der Waals surface area contributed by atoms with Crippen LogP contribution in [0.15, 0.2) is 42.5 Å². The van der Waals surface area contributed by atoms with Crippen LogP contribution < -0.4 is 15.0 Å². The van der Waals surface area contributed by atoms with Gasteiger partial charge in [0.05, 0.1) is 32.6 Å². The lowest BCUT2D eigenvalue weighted by Crippen LogP contribution is -2.42. The van der Waals surface area contributed by atoms with Gasteiger partial charge in [-0.05, 0) is 29.0 Å². The highest BCUT2D eigenvalue weighted by molar-refractivity contribution is 5.91. The van der Waals surface area contributed by atoms with Crippen LogP contribution in [0, 0.1) is 0 Å². The summed E-state index contributed by atoms with van der Waals surface area (Å²) in [5.41, 5.74) is 6.38. The Morgan fingerprint density at radius 1 is 0.975 bits per heavy atom. The summed E-state index contributed by atoms with van der Waals surface area (Å²) in [5.74, 6) is 3.14. The van der Waals surface area contributed by atoms with E-state index in [2.05, 4.69) is 62.2 Å². The summed E-state index contributed by atoms with van der Waals surface area (Å²) in [6.07, 6.45) is 1.27. The number of anilines is 2. The van der Waals surface area contributed by atoms with Gasteiger partial charge in [0.15, 0.2) is 0 Å². The maximum Gasteiger partial charge on any atom is 0.322 e. The lowest BCUT2D eigenvalue weighted by molar-refractivity contribution is 0.122. The van der Waals surface area contributed by atoms with E-state index in [0.717, 1.165) is 64.1 Å². The van der Waals surface area contributed by atoms with Crippen LogP contribution >= 0.6 is 0 Å². The number of rotatable bonds is 7. The molecule has 8 nitrogen and oxygen atoms in total. The average molecular weight is 544 g/mol. The fourth-order valence-corrected chi connectivity index (χ4v) is 5.64. The number of fused-ring (bicyclic) bond motifs is 1. The van der Waals surface area contributed by atoms with Gasteiger partial charge in [0.1, 0.15) is 17.4 Å². The monoisotopic (exact) mass is 543 g/mol. The van der Waals surface area contributed by atoms with Crippen molar-refractivity contribution >= 4 is 17.5 Å². The van der Waals surface area contributed by atoms with Crippen molar-refractivity contribution in [2.24, 2.45) is 0 Å². The molecule has 3 aromatic rings. The molecule has 3 heterocycles. The van der Waals surface area contributed by atoms with Crippen LogP contribution in [0.1, 0.15) is 73.3 Å². The summed E-state index contributed by atoms with van der Waals surface area (Å²) in [6.45, 7) is 12.6. The second-order valence-corrected chi connectivity index (χ2v) is 11.2. The van der Waals surface area contributed by atoms with Crippen LogP contribution in [0.25, 0.3) is 0 Å². The Labute approximate surface area is 237 Å². The van der Waals surface area contributed by atoms with Gasteiger partial charge in [0.25, 0.3) is 0 Å². The highest BCUT2D eigenvalue weighted by Crippen LogP contribution is 2.34. The van der Waals surface area contributed by atoms with Crippen molar-refractivity contribution in [3.8, 4) is 5.75 Å². The van der Waals surface area contributed by atoms with E-state index in [9.17, 15) is 4.79 Å². The number of nitrogens with zero attached hydrogens (tertiary/aromatic N) is 4. The summed E-state index contributed by atoms with van der Waals surface area (Å²) in [7, 11) is 1.69. The number of ether oxygens (including phenoxy) is 2. The zero-order valence-electron chi connectivity index (χ0n) is 24.4. The lowest BCUT2D eigenvalue weighted by Gasteiger charge is -2.35. The molecule has 212 valence electrons.